The highest BCUT2D eigenvalue weighted by atomic mass is 32.1. The Morgan fingerprint density at radius 2 is 2.05 bits per heavy atom. The van der Waals surface area contributed by atoms with Gasteiger partial charge in [0.25, 0.3) is 0 Å². The van der Waals surface area contributed by atoms with Crippen LogP contribution in [0.5, 0.6) is 0 Å². The van der Waals surface area contributed by atoms with Crippen LogP contribution in [0, 0.1) is 6.92 Å². The van der Waals surface area contributed by atoms with E-state index in [4.69, 9.17) is 4.74 Å². The van der Waals surface area contributed by atoms with Gasteiger partial charge in [0.2, 0.25) is 0 Å². The molecule has 5 nitrogen and oxygen atoms in total. The molecule has 2 aromatic heterocycles. The molecule has 0 atom stereocenters. The summed E-state index contributed by atoms with van der Waals surface area (Å²) in [4.78, 5) is 16.8. The standard InChI is InChI=1S/C15H13N3O2S/c1-10-13(15(19)20-2)17-14(21-10)11-8-16-18(9-11)12-6-4-3-5-7-12/h3-9H,1-2H3. The van der Waals surface area contributed by atoms with Crippen LogP contribution in [-0.2, 0) is 4.74 Å². The number of aryl methyl sites for hydroxylation is 1. The molecule has 0 unspecified atom stereocenters. The quantitative estimate of drug-likeness (QED) is 0.697. The van der Waals surface area contributed by atoms with Gasteiger partial charge in [0.05, 0.1) is 19.0 Å². The number of rotatable bonds is 3. The van der Waals surface area contributed by atoms with Crippen LogP contribution >= 0.6 is 11.3 Å². The maximum atomic E-state index is 11.6. The molecule has 3 rings (SSSR count). The van der Waals surface area contributed by atoms with Crippen LogP contribution in [0.3, 0.4) is 0 Å². The molecule has 0 saturated carbocycles. The summed E-state index contributed by atoms with van der Waals surface area (Å²) in [6, 6.07) is 9.83. The minimum Gasteiger partial charge on any atom is -0.464 e. The normalized spacial score (nSPS) is 10.6. The molecule has 0 aliphatic carbocycles. The van der Waals surface area contributed by atoms with Crippen LogP contribution in [0.4, 0.5) is 0 Å². The van der Waals surface area contributed by atoms with Crippen molar-refractivity contribution >= 4 is 17.3 Å². The molecule has 106 valence electrons. The fourth-order valence-electron chi connectivity index (χ4n) is 1.96. The summed E-state index contributed by atoms with van der Waals surface area (Å²) in [5.41, 5.74) is 2.22. The molecular weight excluding hydrogens is 286 g/mol. The molecule has 0 saturated heterocycles. The Kier molecular flexibility index (Phi) is 3.53. The minimum absolute atomic E-state index is 0.366. The molecule has 3 aromatic rings. The third-order valence-corrected chi connectivity index (χ3v) is 4.05. The molecule has 0 radical (unpaired) electrons. The first-order chi connectivity index (χ1) is 10.2. The number of carbonyl (C=O) groups excluding carboxylic acids is 1. The third-order valence-electron chi connectivity index (χ3n) is 3.03. The van der Waals surface area contributed by atoms with Gasteiger partial charge < -0.3 is 4.74 Å². The predicted molar refractivity (Wildman–Crippen MR) is 80.7 cm³/mol. The Morgan fingerprint density at radius 3 is 2.76 bits per heavy atom. The summed E-state index contributed by atoms with van der Waals surface area (Å²) in [6.07, 6.45) is 3.64. The van der Waals surface area contributed by atoms with Gasteiger partial charge in [-0.1, -0.05) is 18.2 Å². The van der Waals surface area contributed by atoms with Gasteiger partial charge in [0.15, 0.2) is 5.69 Å². The Labute approximate surface area is 125 Å². The van der Waals surface area contributed by atoms with Crippen LogP contribution in [-0.4, -0.2) is 27.8 Å². The maximum absolute atomic E-state index is 11.6. The highest BCUT2D eigenvalue weighted by Crippen LogP contribution is 2.28. The summed E-state index contributed by atoms with van der Waals surface area (Å²) in [6.45, 7) is 1.86. The zero-order chi connectivity index (χ0) is 14.8. The van der Waals surface area contributed by atoms with Crippen LogP contribution in [0.1, 0.15) is 15.4 Å². The Bertz CT molecular complexity index is 777. The van der Waals surface area contributed by atoms with E-state index in [0.29, 0.717) is 5.69 Å². The number of para-hydroxylation sites is 1. The number of hydrogen-bond acceptors (Lipinski definition) is 5. The van der Waals surface area contributed by atoms with Crippen molar-refractivity contribution in [2.24, 2.45) is 0 Å². The molecular formula is C15H13N3O2S. The number of ether oxygens (including phenoxy) is 1. The van der Waals surface area contributed by atoms with E-state index in [1.807, 2.05) is 43.5 Å². The Balaban J connectivity index is 1.96. The topological polar surface area (TPSA) is 57.0 Å². The van der Waals surface area contributed by atoms with Crippen molar-refractivity contribution in [3.05, 3.63) is 53.3 Å². The lowest BCUT2D eigenvalue weighted by Gasteiger charge is -1.98. The van der Waals surface area contributed by atoms with Gasteiger partial charge >= 0.3 is 5.97 Å². The fraction of sp³-hybridized carbons (Fsp3) is 0.133. The zero-order valence-corrected chi connectivity index (χ0v) is 12.4. The molecule has 0 amide bonds. The van der Waals surface area contributed by atoms with Crippen LogP contribution in [0.15, 0.2) is 42.7 Å². The van der Waals surface area contributed by atoms with Crippen molar-refractivity contribution in [2.75, 3.05) is 7.11 Å². The van der Waals surface area contributed by atoms with Crippen molar-refractivity contribution in [2.45, 2.75) is 6.92 Å². The molecule has 2 heterocycles. The van der Waals surface area contributed by atoms with Gasteiger partial charge in [-0.2, -0.15) is 5.10 Å². The lowest BCUT2D eigenvalue weighted by Crippen LogP contribution is -2.03. The highest BCUT2D eigenvalue weighted by molar-refractivity contribution is 7.15. The van der Waals surface area contributed by atoms with E-state index in [0.717, 1.165) is 21.1 Å². The van der Waals surface area contributed by atoms with Gasteiger partial charge in [-0.15, -0.1) is 11.3 Å². The largest absolute Gasteiger partial charge is 0.464 e. The maximum Gasteiger partial charge on any atom is 0.357 e. The van der Waals surface area contributed by atoms with Crippen LogP contribution < -0.4 is 0 Å². The molecule has 0 aliphatic rings. The van der Waals surface area contributed by atoms with Crippen molar-refractivity contribution in [3.63, 3.8) is 0 Å². The van der Waals surface area contributed by atoms with Crippen molar-refractivity contribution in [1.82, 2.24) is 14.8 Å². The van der Waals surface area contributed by atoms with Crippen molar-refractivity contribution < 1.29 is 9.53 Å². The van der Waals surface area contributed by atoms with Gasteiger partial charge in [0, 0.05) is 16.6 Å². The van der Waals surface area contributed by atoms with E-state index >= 15 is 0 Å². The lowest BCUT2D eigenvalue weighted by atomic mass is 10.3. The molecule has 0 bridgehead atoms. The van der Waals surface area contributed by atoms with E-state index in [1.165, 1.54) is 18.4 Å². The second kappa shape index (κ2) is 5.49. The number of hydrogen-bond donors (Lipinski definition) is 0. The summed E-state index contributed by atoms with van der Waals surface area (Å²) < 4.78 is 6.51. The zero-order valence-electron chi connectivity index (χ0n) is 11.6. The Hall–Kier alpha value is -2.47. The summed E-state index contributed by atoms with van der Waals surface area (Å²) >= 11 is 1.45. The number of methoxy groups -OCH3 is 1. The third kappa shape index (κ3) is 2.57. The number of nitrogens with zero attached hydrogens (tertiary/aromatic N) is 3. The van der Waals surface area contributed by atoms with Crippen molar-refractivity contribution in [3.8, 4) is 16.3 Å². The highest BCUT2D eigenvalue weighted by Gasteiger charge is 2.17. The SMILES string of the molecule is COC(=O)c1nc(-c2cnn(-c3ccccc3)c2)sc1C. The van der Waals surface area contributed by atoms with Gasteiger partial charge in [-0.25, -0.2) is 14.5 Å². The van der Waals surface area contributed by atoms with E-state index in [2.05, 4.69) is 10.1 Å². The monoisotopic (exact) mass is 299 g/mol. The first-order valence-corrected chi connectivity index (χ1v) is 7.17. The number of aromatic nitrogens is 3. The fourth-order valence-corrected chi connectivity index (χ4v) is 2.84. The molecule has 0 spiro atoms. The van der Waals surface area contributed by atoms with Crippen molar-refractivity contribution in [1.29, 1.82) is 0 Å². The van der Waals surface area contributed by atoms with Gasteiger partial charge in [-0.3, -0.25) is 0 Å². The molecule has 0 aliphatic heterocycles. The lowest BCUT2D eigenvalue weighted by molar-refractivity contribution is 0.0594. The first-order valence-electron chi connectivity index (χ1n) is 6.35. The van der Waals surface area contributed by atoms with Gasteiger partial charge in [0.1, 0.15) is 5.01 Å². The van der Waals surface area contributed by atoms with Gasteiger partial charge in [-0.05, 0) is 19.1 Å². The number of benzene rings is 1. The van der Waals surface area contributed by atoms with E-state index in [9.17, 15) is 4.79 Å². The average Bonchev–Trinajstić information content (AvgIpc) is 3.14. The second-order valence-electron chi connectivity index (χ2n) is 4.42. The molecule has 6 heteroatoms. The smallest absolute Gasteiger partial charge is 0.357 e. The predicted octanol–water partition coefficient (Wildman–Crippen LogP) is 3.09. The number of esters is 1. The summed E-state index contributed by atoms with van der Waals surface area (Å²) in [5, 5.41) is 5.09. The average molecular weight is 299 g/mol. The van der Waals surface area contributed by atoms with E-state index < -0.39 is 5.97 Å². The van der Waals surface area contributed by atoms with E-state index in [-0.39, 0.29) is 0 Å². The number of thiazole rings is 1. The second-order valence-corrected chi connectivity index (χ2v) is 5.63. The molecule has 21 heavy (non-hydrogen) atoms. The van der Waals surface area contributed by atoms with Crippen LogP contribution in [0.25, 0.3) is 16.3 Å². The Morgan fingerprint density at radius 1 is 1.29 bits per heavy atom. The first kappa shape index (κ1) is 13.5. The van der Waals surface area contributed by atoms with Crippen LogP contribution in [0.2, 0.25) is 0 Å². The molecule has 0 fully saturated rings. The minimum atomic E-state index is -0.412. The summed E-state index contributed by atoms with van der Waals surface area (Å²) in [5.74, 6) is -0.412. The number of carbonyl (C=O) groups is 1. The molecule has 1 aromatic carbocycles. The summed E-state index contributed by atoms with van der Waals surface area (Å²) in [7, 11) is 1.36. The van der Waals surface area contributed by atoms with E-state index in [1.54, 1.807) is 10.9 Å². The molecule has 0 N–H and O–H groups in total.